The summed E-state index contributed by atoms with van der Waals surface area (Å²) in [6.45, 7) is 1.89. The smallest absolute Gasteiger partial charge is 0.423 e. The molecule has 1 aliphatic heterocycles. The molecule has 1 aliphatic rings. The third-order valence-corrected chi connectivity index (χ3v) is 5.68. The van der Waals surface area contributed by atoms with Crippen molar-refractivity contribution in [1.82, 2.24) is 24.7 Å². The molecule has 5 rings (SSSR count). The number of imidazole rings is 1. The molecule has 33 heavy (non-hydrogen) atoms. The molecule has 0 aliphatic carbocycles. The van der Waals surface area contributed by atoms with E-state index in [4.69, 9.17) is 15.7 Å². The van der Waals surface area contributed by atoms with Gasteiger partial charge in [-0.1, -0.05) is 30.3 Å². The quantitative estimate of drug-likeness (QED) is 0.258. The molecule has 0 saturated heterocycles. The highest BCUT2D eigenvalue weighted by atomic mass is 16.4. The number of benzene rings is 1. The monoisotopic (exact) mass is 443 g/mol. The van der Waals surface area contributed by atoms with E-state index in [9.17, 15) is 14.8 Å². The highest BCUT2D eigenvalue weighted by molar-refractivity contribution is 6.58. The minimum atomic E-state index is -1.52. The maximum atomic E-state index is 11.8. The van der Waals surface area contributed by atoms with Crippen molar-refractivity contribution >= 4 is 29.8 Å². The van der Waals surface area contributed by atoms with Gasteiger partial charge in [0.25, 0.3) is 5.91 Å². The minimum absolute atomic E-state index is 0.329. The average molecular weight is 443 g/mol. The molecule has 0 spiro atoms. The molecule has 4 heterocycles. The lowest BCUT2D eigenvalue weighted by Gasteiger charge is -2.20. The molecule has 10 nitrogen and oxygen atoms in total. The van der Waals surface area contributed by atoms with Gasteiger partial charge in [-0.15, -0.1) is 0 Å². The Morgan fingerprint density at radius 3 is 2.88 bits per heavy atom. The third-order valence-electron chi connectivity index (χ3n) is 5.68. The van der Waals surface area contributed by atoms with Crippen LogP contribution >= 0.6 is 0 Å². The highest BCUT2D eigenvalue weighted by Crippen LogP contribution is 2.27. The predicted molar refractivity (Wildman–Crippen MR) is 124 cm³/mol. The number of primary amides is 1. The van der Waals surface area contributed by atoms with Crippen molar-refractivity contribution in [2.24, 2.45) is 5.73 Å². The number of hydrogen-bond donors (Lipinski definition) is 5. The molecule has 11 heteroatoms. The van der Waals surface area contributed by atoms with Gasteiger partial charge in [-0.2, -0.15) is 0 Å². The summed E-state index contributed by atoms with van der Waals surface area (Å²) in [5.41, 5.74) is 10.3. The fourth-order valence-electron chi connectivity index (χ4n) is 4.05. The molecule has 1 aromatic carbocycles. The number of pyridine rings is 1. The summed E-state index contributed by atoms with van der Waals surface area (Å²) >= 11 is 0. The lowest BCUT2D eigenvalue weighted by Crippen LogP contribution is -2.30. The molecule has 4 aromatic rings. The number of rotatable bonds is 6. The van der Waals surface area contributed by atoms with Crippen LogP contribution in [0.1, 0.15) is 27.3 Å². The summed E-state index contributed by atoms with van der Waals surface area (Å²) in [6, 6.07) is 12.3. The minimum Gasteiger partial charge on any atom is -0.423 e. The van der Waals surface area contributed by atoms with Gasteiger partial charge in [-0.3, -0.25) is 9.20 Å². The molecule has 0 fully saturated rings. The second-order valence-corrected chi connectivity index (χ2v) is 7.84. The fraction of sp³-hybridized carbons (Fsp3) is 0.182. The maximum absolute atomic E-state index is 11.8. The van der Waals surface area contributed by atoms with E-state index in [1.165, 1.54) is 0 Å². The first kappa shape index (κ1) is 21.1. The van der Waals surface area contributed by atoms with Gasteiger partial charge in [0.05, 0.1) is 11.2 Å². The lowest BCUT2D eigenvalue weighted by atomic mass is 9.79. The van der Waals surface area contributed by atoms with Gasteiger partial charge >= 0.3 is 7.12 Å². The summed E-state index contributed by atoms with van der Waals surface area (Å²) in [4.78, 5) is 25.8. The summed E-state index contributed by atoms with van der Waals surface area (Å²) in [7, 11) is -1.52. The zero-order valence-corrected chi connectivity index (χ0v) is 17.7. The number of hydrogen-bond acceptors (Lipinski definition) is 8. The zero-order chi connectivity index (χ0) is 22.9. The summed E-state index contributed by atoms with van der Waals surface area (Å²) in [6.07, 6.45) is 2.33. The maximum Gasteiger partial charge on any atom is 0.488 e. The Morgan fingerprint density at radius 2 is 2.06 bits per heavy atom. The second kappa shape index (κ2) is 8.62. The van der Waals surface area contributed by atoms with Crippen molar-refractivity contribution in [3.8, 4) is 11.5 Å². The molecular weight excluding hydrogens is 421 g/mol. The molecule has 0 unspecified atom stereocenters. The van der Waals surface area contributed by atoms with E-state index in [0.717, 1.165) is 29.8 Å². The number of aromatic nitrogens is 4. The first-order chi connectivity index (χ1) is 16.0. The van der Waals surface area contributed by atoms with Gasteiger partial charge in [-0.05, 0) is 36.1 Å². The Bertz CT molecular complexity index is 1360. The number of nitrogens with zero attached hydrogens (tertiary/aromatic N) is 4. The Morgan fingerprint density at radius 1 is 1.21 bits per heavy atom. The van der Waals surface area contributed by atoms with Crippen LogP contribution in [0.4, 0.5) is 5.82 Å². The van der Waals surface area contributed by atoms with Crippen LogP contribution in [0.2, 0.25) is 0 Å². The van der Waals surface area contributed by atoms with Crippen LogP contribution in [0.3, 0.4) is 0 Å². The zero-order valence-electron chi connectivity index (χ0n) is 17.7. The molecule has 6 N–H and O–H groups in total. The van der Waals surface area contributed by atoms with Crippen molar-refractivity contribution in [1.29, 1.82) is 0 Å². The second-order valence-electron chi connectivity index (χ2n) is 7.84. The first-order valence-corrected chi connectivity index (χ1v) is 10.6. The van der Waals surface area contributed by atoms with Crippen molar-refractivity contribution < 1.29 is 14.8 Å². The van der Waals surface area contributed by atoms with E-state index in [0.29, 0.717) is 47.1 Å². The van der Waals surface area contributed by atoms with E-state index in [1.54, 1.807) is 41.1 Å². The van der Waals surface area contributed by atoms with Crippen LogP contribution in [0.25, 0.3) is 17.0 Å². The molecule has 0 saturated carbocycles. The largest absolute Gasteiger partial charge is 0.488 e. The number of nitrogens with one attached hydrogen (secondary N) is 2. The Labute approximate surface area is 189 Å². The van der Waals surface area contributed by atoms with Crippen LogP contribution in [0.5, 0.6) is 0 Å². The van der Waals surface area contributed by atoms with Crippen molar-refractivity contribution in [2.45, 2.75) is 19.5 Å². The number of anilines is 1. The van der Waals surface area contributed by atoms with Crippen LogP contribution in [-0.2, 0) is 19.5 Å². The van der Waals surface area contributed by atoms with Crippen molar-refractivity contribution in [3.05, 3.63) is 71.3 Å². The van der Waals surface area contributed by atoms with E-state index in [1.807, 2.05) is 12.1 Å². The van der Waals surface area contributed by atoms with E-state index >= 15 is 0 Å². The molecule has 3 aromatic heterocycles. The van der Waals surface area contributed by atoms with E-state index in [2.05, 4.69) is 15.6 Å². The van der Waals surface area contributed by atoms with Crippen LogP contribution in [0, 0.1) is 0 Å². The van der Waals surface area contributed by atoms with Crippen molar-refractivity contribution in [2.75, 3.05) is 11.9 Å². The summed E-state index contributed by atoms with van der Waals surface area (Å²) in [5, 5.41) is 25.6. The Kier molecular flexibility index (Phi) is 5.51. The lowest BCUT2D eigenvalue weighted by molar-refractivity contribution is 0.0994. The number of carbonyl (C=O) groups excluding carboxylic acids is 1. The van der Waals surface area contributed by atoms with Gasteiger partial charge < -0.3 is 26.4 Å². The predicted octanol–water partition coefficient (Wildman–Crippen LogP) is -0.172. The van der Waals surface area contributed by atoms with Crippen LogP contribution < -0.4 is 21.8 Å². The van der Waals surface area contributed by atoms with Gasteiger partial charge in [0, 0.05) is 18.7 Å². The highest BCUT2D eigenvalue weighted by Gasteiger charge is 2.21. The molecule has 0 bridgehead atoms. The standard InChI is InChI=1S/C22H22BN7O3/c24-20(31)18-6-2-5-17-19(27-12-30(17)18)22-28-16-11-25-8-7-15(16)21(29-22)26-10-13-3-1-4-14(9-13)23(32)33/h1-6,9,12,25,32-33H,7-8,10-11H2,(H2,24,31)(H,26,28,29). The molecular formula is C22H22BN7O3. The molecule has 1 amide bonds. The van der Waals surface area contributed by atoms with Gasteiger partial charge in [0.1, 0.15) is 23.5 Å². The van der Waals surface area contributed by atoms with Gasteiger partial charge in [-0.25, -0.2) is 15.0 Å². The number of nitrogens with two attached hydrogens (primary N) is 1. The molecule has 166 valence electrons. The molecule has 0 atom stereocenters. The number of amides is 1. The first-order valence-electron chi connectivity index (χ1n) is 10.6. The normalized spacial score (nSPS) is 13.0. The Balaban J connectivity index is 1.54. The van der Waals surface area contributed by atoms with E-state index in [-0.39, 0.29) is 0 Å². The van der Waals surface area contributed by atoms with Crippen molar-refractivity contribution in [3.63, 3.8) is 0 Å². The number of carbonyl (C=O) groups is 1. The van der Waals surface area contributed by atoms with Gasteiger partial charge in [0.15, 0.2) is 5.82 Å². The number of fused-ring (bicyclic) bond motifs is 2. The average Bonchev–Trinajstić information content (AvgIpc) is 3.26. The third kappa shape index (κ3) is 4.04. The van der Waals surface area contributed by atoms with Crippen LogP contribution in [0.15, 0.2) is 48.8 Å². The summed E-state index contributed by atoms with van der Waals surface area (Å²) in [5.74, 6) is 0.611. The molecule has 0 radical (unpaired) electrons. The fourth-order valence-corrected chi connectivity index (χ4v) is 4.05. The Hall–Kier alpha value is -3.80. The van der Waals surface area contributed by atoms with Gasteiger partial charge in [0.2, 0.25) is 0 Å². The summed E-state index contributed by atoms with van der Waals surface area (Å²) < 4.78 is 1.64. The van der Waals surface area contributed by atoms with Crippen LogP contribution in [-0.4, -0.2) is 49.0 Å². The SMILES string of the molecule is NC(=O)c1cccc2c(-c3nc4c(c(NCc5cccc(B(O)O)c5)n3)CCNC4)ncn12. The van der Waals surface area contributed by atoms with E-state index < -0.39 is 13.0 Å². The topological polar surface area (TPSA) is 151 Å².